The quantitative estimate of drug-likeness (QED) is 0.490. The van der Waals surface area contributed by atoms with Gasteiger partial charge in [-0.3, -0.25) is 10.3 Å². The lowest BCUT2D eigenvalue weighted by atomic mass is 10.1. The number of amidine groups is 1. The zero-order valence-corrected chi connectivity index (χ0v) is 9.30. The second-order valence-electron chi connectivity index (χ2n) is 3.47. The molecule has 0 aromatic heterocycles. The number of hydrogen-bond acceptors (Lipinski definition) is 2. The molecule has 0 saturated carbocycles. The smallest absolute Gasteiger partial charge is 0.108 e. The van der Waals surface area contributed by atoms with Gasteiger partial charge in [0.2, 0.25) is 0 Å². The van der Waals surface area contributed by atoms with Crippen LogP contribution >= 0.6 is 0 Å². The average molecular weight is 185 g/mol. The molecule has 78 valence electrons. The SMILES string of the molecule is CCC(C)N(CC)C(CC)C(=N)N. The minimum absolute atomic E-state index is 0.125. The highest BCUT2D eigenvalue weighted by Crippen LogP contribution is 2.11. The Morgan fingerprint density at radius 1 is 1.31 bits per heavy atom. The molecule has 0 aromatic carbocycles. The van der Waals surface area contributed by atoms with Crippen molar-refractivity contribution in [3.8, 4) is 0 Å². The van der Waals surface area contributed by atoms with Gasteiger partial charge in [-0.15, -0.1) is 0 Å². The van der Waals surface area contributed by atoms with Crippen molar-refractivity contribution in [3.05, 3.63) is 0 Å². The van der Waals surface area contributed by atoms with Crippen LogP contribution in [0.2, 0.25) is 0 Å². The van der Waals surface area contributed by atoms with Crippen LogP contribution in [0.3, 0.4) is 0 Å². The number of hydrogen-bond donors (Lipinski definition) is 2. The van der Waals surface area contributed by atoms with E-state index >= 15 is 0 Å². The Hall–Kier alpha value is -0.570. The first kappa shape index (κ1) is 12.4. The number of rotatable bonds is 6. The summed E-state index contributed by atoms with van der Waals surface area (Å²) in [5.41, 5.74) is 5.56. The molecule has 0 heterocycles. The Morgan fingerprint density at radius 3 is 2.08 bits per heavy atom. The number of nitrogens with one attached hydrogen (secondary N) is 1. The predicted molar refractivity (Wildman–Crippen MR) is 58.1 cm³/mol. The van der Waals surface area contributed by atoms with Crippen LogP contribution in [0.1, 0.15) is 40.5 Å². The summed E-state index contributed by atoms with van der Waals surface area (Å²) in [7, 11) is 0. The van der Waals surface area contributed by atoms with Crippen LogP contribution in [-0.4, -0.2) is 29.4 Å². The molecular formula is C10H23N3. The Bertz CT molecular complexity index is 156. The Balaban J connectivity index is 4.42. The van der Waals surface area contributed by atoms with Gasteiger partial charge in [0.1, 0.15) is 5.84 Å². The molecule has 3 heteroatoms. The van der Waals surface area contributed by atoms with E-state index in [1.54, 1.807) is 0 Å². The molecule has 3 N–H and O–H groups in total. The summed E-state index contributed by atoms with van der Waals surface area (Å²) in [6.45, 7) is 9.53. The van der Waals surface area contributed by atoms with Crippen LogP contribution in [0, 0.1) is 5.41 Å². The maximum absolute atomic E-state index is 7.49. The standard InChI is InChI=1S/C10H23N3/c1-5-8(4)13(7-3)9(6-2)10(11)12/h8-9H,5-7H2,1-4H3,(H3,11,12). The molecule has 2 atom stereocenters. The molecule has 0 spiro atoms. The molecule has 0 aliphatic rings. The normalized spacial score (nSPS) is 15.8. The van der Waals surface area contributed by atoms with Crippen molar-refractivity contribution in [1.82, 2.24) is 4.90 Å². The van der Waals surface area contributed by atoms with Gasteiger partial charge in [-0.2, -0.15) is 0 Å². The van der Waals surface area contributed by atoms with E-state index in [1.807, 2.05) is 0 Å². The van der Waals surface area contributed by atoms with Gasteiger partial charge in [0.05, 0.1) is 6.04 Å². The van der Waals surface area contributed by atoms with Gasteiger partial charge < -0.3 is 5.73 Å². The first-order chi connectivity index (χ1) is 6.08. The van der Waals surface area contributed by atoms with E-state index in [0.29, 0.717) is 11.9 Å². The molecule has 13 heavy (non-hydrogen) atoms. The number of nitrogens with zero attached hydrogens (tertiary/aromatic N) is 1. The Labute approximate surface area is 81.8 Å². The highest BCUT2D eigenvalue weighted by Gasteiger charge is 2.21. The van der Waals surface area contributed by atoms with Crippen LogP contribution in [0.5, 0.6) is 0 Å². The summed E-state index contributed by atoms with van der Waals surface area (Å²) in [6.07, 6.45) is 2.03. The molecule has 0 radical (unpaired) electrons. The molecule has 3 nitrogen and oxygen atoms in total. The van der Waals surface area contributed by atoms with Crippen molar-refractivity contribution in [2.75, 3.05) is 6.54 Å². The van der Waals surface area contributed by atoms with Crippen molar-refractivity contribution >= 4 is 5.84 Å². The summed E-state index contributed by atoms with van der Waals surface area (Å²) < 4.78 is 0. The summed E-state index contributed by atoms with van der Waals surface area (Å²) in [6, 6.07) is 0.638. The molecule has 0 saturated heterocycles. The third-order valence-electron chi connectivity index (χ3n) is 2.67. The predicted octanol–water partition coefficient (Wildman–Crippen LogP) is 1.82. The molecular weight excluding hydrogens is 162 g/mol. The fourth-order valence-electron chi connectivity index (χ4n) is 1.71. The van der Waals surface area contributed by atoms with Gasteiger partial charge >= 0.3 is 0 Å². The second-order valence-corrected chi connectivity index (χ2v) is 3.47. The lowest BCUT2D eigenvalue weighted by molar-refractivity contribution is 0.181. The van der Waals surface area contributed by atoms with Crippen molar-refractivity contribution in [1.29, 1.82) is 5.41 Å². The maximum atomic E-state index is 7.49. The summed E-state index contributed by atoms with van der Waals surface area (Å²) in [4.78, 5) is 2.29. The highest BCUT2D eigenvalue weighted by molar-refractivity contribution is 5.82. The zero-order valence-electron chi connectivity index (χ0n) is 9.30. The Morgan fingerprint density at radius 2 is 1.85 bits per heavy atom. The Kier molecular flexibility index (Phi) is 5.71. The van der Waals surface area contributed by atoms with E-state index in [4.69, 9.17) is 11.1 Å². The van der Waals surface area contributed by atoms with E-state index in [2.05, 4.69) is 32.6 Å². The highest BCUT2D eigenvalue weighted by atomic mass is 15.2. The van der Waals surface area contributed by atoms with Crippen LogP contribution in [-0.2, 0) is 0 Å². The molecule has 0 amide bonds. The first-order valence-electron chi connectivity index (χ1n) is 5.18. The van der Waals surface area contributed by atoms with Gasteiger partial charge in [0.25, 0.3) is 0 Å². The van der Waals surface area contributed by atoms with Crippen molar-refractivity contribution in [2.45, 2.75) is 52.6 Å². The number of nitrogens with two attached hydrogens (primary N) is 1. The fourth-order valence-corrected chi connectivity index (χ4v) is 1.71. The third-order valence-corrected chi connectivity index (χ3v) is 2.67. The summed E-state index contributed by atoms with van der Waals surface area (Å²) >= 11 is 0. The van der Waals surface area contributed by atoms with Gasteiger partial charge in [0.15, 0.2) is 0 Å². The van der Waals surface area contributed by atoms with Gasteiger partial charge in [-0.05, 0) is 26.3 Å². The third kappa shape index (κ3) is 3.35. The summed E-state index contributed by atoms with van der Waals surface area (Å²) in [5, 5.41) is 7.49. The average Bonchev–Trinajstić information content (AvgIpc) is 2.12. The minimum Gasteiger partial charge on any atom is -0.386 e. The van der Waals surface area contributed by atoms with E-state index < -0.39 is 0 Å². The topological polar surface area (TPSA) is 53.1 Å². The van der Waals surface area contributed by atoms with Crippen molar-refractivity contribution < 1.29 is 0 Å². The molecule has 0 aliphatic carbocycles. The fraction of sp³-hybridized carbons (Fsp3) is 0.900. The van der Waals surface area contributed by atoms with Crippen LogP contribution < -0.4 is 5.73 Å². The maximum Gasteiger partial charge on any atom is 0.108 e. The van der Waals surface area contributed by atoms with Crippen molar-refractivity contribution in [2.24, 2.45) is 5.73 Å². The van der Waals surface area contributed by atoms with E-state index in [-0.39, 0.29) is 6.04 Å². The van der Waals surface area contributed by atoms with E-state index in [9.17, 15) is 0 Å². The van der Waals surface area contributed by atoms with Crippen molar-refractivity contribution in [3.63, 3.8) is 0 Å². The summed E-state index contributed by atoms with van der Waals surface area (Å²) in [5.74, 6) is 0.296. The molecule has 0 fully saturated rings. The lowest BCUT2D eigenvalue weighted by Crippen LogP contribution is -2.48. The largest absolute Gasteiger partial charge is 0.386 e. The first-order valence-corrected chi connectivity index (χ1v) is 5.18. The van der Waals surface area contributed by atoms with E-state index in [0.717, 1.165) is 19.4 Å². The number of likely N-dealkylation sites (N-methyl/N-ethyl adjacent to an activating group) is 1. The lowest BCUT2D eigenvalue weighted by Gasteiger charge is -2.33. The van der Waals surface area contributed by atoms with Crippen LogP contribution in [0.4, 0.5) is 0 Å². The molecule has 0 bridgehead atoms. The molecule has 0 aromatic rings. The van der Waals surface area contributed by atoms with Crippen LogP contribution in [0.15, 0.2) is 0 Å². The molecule has 0 aliphatic heterocycles. The van der Waals surface area contributed by atoms with Gasteiger partial charge in [-0.1, -0.05) is 20.8 Å². The second kappa shape index (κ2) is 5.97. The molecule has 0 rings (SSSR count). The zero-order chi connectivity index (χ0) is 10.4. The van der Waals surface area contributed by atoms with E-state index in [1.165, 1.54) is 0 Å². The molecule has 2 unspecified atom stereocenters. The minimum atomic E-state index is 0.125. The van der Waals surface area contributed by atoms with Crippen LogP contribution in [0.25, 0.3) is 0 Å². The van der Waals surface area contributed by atoms with Gasteiger partial charge in [-0.25, -0.2) is 0 Å². The van der Waals surface area contributed by atoms with Gasteiger partial charge in [0, 0.05) is 6.04 Å². The monoisotopic (exact) mass is 185 g/mol.